The lowest BCUT2D eigenvalue weighted by atomic mass is 9.98. The van der Waals surface area contributed by atoms with Gasteiger partial charge in [0, 0.05) is 40.1 Å². The number of rotatable bonds is 5. The second-order valence-corrected chi connectivity index (χ2v) is 11.1. The van der Waals surface area contributed by atoms with Crippen LogP contribution in [0.4, 0.5) is 23.0 Å². The Kier molecular flexibility index (Phi) is 9.06. The minimum atomic E-state index is 0.177. The summed E-state index contributed by atoms with van der Waals surface area (Å²) in [5.41, 5.74) is 11.5. The molecule has 0 aliphatic rings. The first-order valence-electron chi connectivity index (χ1n) is 14.4. The number of aromatic nitrogens is 5. The third-order valence-corrected chi connectivity index (χ3v) is 8.25. The summed E-state index contributed by atoms with van der Waals surface area (Å²) in [4.78, 5) is 11.3. The lowest BCUT2D eigenvalue weighted by Gasteiger charge is -2.17. The Hall–Kier alpha value is -6.89. The van der Waals surface area contributed by atoms with Crippen LogP contribution in [0, 0.1) is 35.8 Å². The van der Waals surface area contributed by atoms with Crippen LogP contribution in [0.3, 0.4) is 0 Å². The molecule has 49 heavy (non-hydrogen) atoms. The van der Waals surface area contributed by atoms with Crippen molar-refractivity contribution in [3.05, 3.63) is 147 Å². The highest BCUT2D eigenvalue weighted by atomic mass is 35.5. The number of benzene rings is 2. The zero-order chi connectivity index (χ0) is 34.5. The maximum atomic E-state index is 9.84. The molecular weight excluding hydrogens is 657 g/mol. The molecule has 0 saturated heterocycles. The van der Waals surface area contributed by atoms with E-state index in [1.165, 1.54) is 10.7 Å². The van der Waals surface area contributed by atoms with Crippen LogP contribution in [0.2, 0.25) is 10.0 Å². The highest BCUT2D eigenvalue weighted by Crippen LogP contribution is 2.44. The van der Waals surface area contributed by atoms with Gasteiger partial charge in [-0.3, -0.25) is 4.98 Å². The fraction of sp³-hybridized carbons (Fsp3) is 0.0278. The van der Waals surface area contributed by atoms with Crippen molar-refractivity contribution in [3.8, 4) is 34.4 Å². The predicted octanol–water partition coefficient (Wildman–Crippen LogP) is 8.74. The highest BCUT2D eigenvalue weighted by Gasteiger charge is 2.24. The topological polar surface area (TPSA) is 142 Å². The van der Waals surface area contributed by atoms with Crippen LogP contribution >= 0.6 is 23.2 Å². The number of pyridine rings is 3. The van der Waals surface area contributed by atoms with Gasteiger partial charge in [0.15, 0.2) is 0 Å². The average molecular weight is 679 g/mol. The van der Waals surface area contributed by atoms with Gasteiger partial charge in [0.25, 0.3) is 0 Å². The second kappa shape index (κ2) is 13.8. The van der Waals surface area contributed by atoms with Gasteiger partial charge in [-0.05, 0) is 47.0 Å². The molecule has 0 radical (unpaired) electrons. The number of nitrogens with one attached hydrogen (secondary N) is 1. The number of nitriles is 2. The summed E-state index contributed by atoms with van der Waals surface area (Å²) in [5.74, 6) is 0.701. The molecule has 0 aliphatic heterocycles. The molecule has 0 aliphatic carbocycles. The first kappa shape index (κ1) is 32.1. The van der Waals surface area contributed by atoms with E-state index in [2.05, 4.69) is 42.3 Å². The summed E-state index contributed by atoms with van der Waals surface area (Å²) >= 11 is 12.6. The zero-order valence-electron chi connectivity index (χ0n) is 25.3. The van der Waals surface area contributed by atoms with Crippen LogP contribution < -0.4 is 11.1 Å². The van der Waals surface area contributed by atoms with E-state index in [9.17, 15) is 10.5 Å². The van der Waals surface area contributed by atoms with Crippen LogP contribution in [0.1, 0.15) is 16.7 Å². The standard InChI is InChI=1S/C21H13ClN6.C15H8ClN5/c1-24-20-19(15-6-2-3-7-17(15)22)16(11-23)18-8-10-27-28(18)21(20)26-13-14-5-4-9-25-12-14;1-19-14-13(9-4-2-3-5-11(9)16)10(8-17)12-6-7-20-21(12)15(14)18/h2-10,12,26H,13H2;2-7H,18H2. The van der Waals surface area contributed by atoms with E-state index in [-0.39, 0.29) is 11.5 Å². The molecule has 2 aromatic carbocycles. The van der Waals surface area contributed by atoms with E-state index in [1.807, 2.05) is 30.3 Å². The Morgan fingerprint density at radius 3 is 1.82 bits per heavy atom. The molecular formula is C36H21Cl2N11. The zero-order valence-corrected chi connectivity index (χ0v) is 26.8. The van der Waals surface area contributed by atoms with Gasteiger partial charge in [-0.25, -0.2) is 18.7 Å². The Morgan fingerprint density at radius 2 is 1.29 bits per heavy atom. The Labute approximate surface area is 290 Å². The quantitative estimate of drug-likeness (QED) is 0.173. The second-order valence-electron chi connectivity index (χ2n) is 10.3. The largest absolute Gasteiger partial charge is 0.392 e. The number of anilines is 2. The molecule has 0 atom stereocenters. The number of nitrogen functional groups attached to an aromatic ring is 1. The molecule has 5 aromatic heterocycles. The normalized spacial score (nSPS) is 10.3. The molecule has 13 heteroatoms. The van der Waals surface area contributed by atoms with Crippen molar-refractivity contribution >= 4 is 57.2 Å². The van der Waals surface area contributed by atoms with Gasteiger partial charge in [0.1, 0.15) is 23.8 Å². The van der Waals surface area contributed by atoms with E-state index < -0.39 is 0 Å². The summed E-state index contributed by atoms with van der Waals surface area (Å²) in [7, 11) is 0. The first-order valence-corrected chi connectivity index (χ1v) is 15.2. The maximum absolute atomic E-state index is 9.84. The molecule has 0 bridgehead atoms. The molecule has 0 saturated carbocycles. The van der Waals surface area contributed by atoms with E-state index in [0.717, 1.165) is 5.56 Å². The monoisotopic (exact) mass is 677 g/mol. The smallest absolute Gasteiger partial charge is 0.237 e. The van der Waals surface area contributed by atoms with Crippen molar-refractivity contribution in [2.24, 2.45) is 0 Å². The van der Waals surface area contributed by atoms with Crippen molar-refractivity contribution < 1.29 is 0 Å². The number of hydrogen-bond donors (Lipinski definition) is 2. The Morgan fingerprint density at radius 1 is 0.735 bits per heavy atom. The molecule has 3 N–H and O–H groups in total. The summed E-state index contributed by atoms with van der Waals surface area (Å²) < 4.78 is 2.98. The Bertz CT molecular complexity index is 2540. The van der Waals surface area contributed by atoms with Gasteiger partial charge in [0.2, 0.25) is 11.4 Å². The molecule has 0 fully saturated rings. The number of nitrogens with two attached hydrogens (primary N) is 1. The molecule has 7 aromatic rings. The molecule has 0 spiro atoms. The SMILES string of the molecule is [C-]#[N+]c1c(-c2ccccc2Cl)c(C#N)c2ccnn2c1N.[C-]#[N+]c1c(-c2ccccc2Cl)c(C#N)c2ccnn2c1NCc1cccnc1. The van der Waals surface area contributed by atoms with E-state index in [0.29, 0.717) is 72.5 Å². The fourth-order valence-electron chi connectivity index (χ4n) is 5.44. The summed E-state index contributed by atoms with van der Waals surface area (Å²) in [5, 5.41) is 32.0. The molecule has 7 rings (SSSR count). The Balaban J connectivity index is 0.000000177. The van der Waals surface area contributed by atoms with E-state index in [4.69, 9.17) is 42.1 Å². The predicted molar refractivity (Wildman–Crippen MR) is 189 cm³/mol. The van der Waals surface area contributed by atoms with Crippen molar-refractivity contribution in [1.82, 2.24) is 24.2 Å². The van der Waals surface area contributed by atoms with Gasteiger partial charge in [-0.1, -0.05) is 65.7 Å². The number of halogens is 2. The summed E-state index contributed by atoms with van der Waals surface area (Å²) in [6.45, 7) is 15.7. The summed E-state index contributed by atoms with van der Waals surface area (Å²) in [6.07, 6.45) is 6.60. The van der Waals surface area contributed by atoms with Gasteiger partial charge >= 0.3 is 0 Å². The van der Waals surface area contributed by atoms with Crippen LogP contribution in [-0.2, 0) is 6.54 Å². The third kappa shape index (κ3) is 5.80. The van der Waals surface area contributed by atoms with Crippen LogP contribution in [0.25, 0.3) is 43.0 Å². The minimum absolute atomic E-state index is 0.177. The number of nitrogens with zero attached hydrogens (tertiary/aromatic N) is 9. The van der Waals surface area contributed by atoms with Crippen molar-refractivity contribution in [1.29, 1.82) is 10.5 Å². The average Bonchev–Trinajstić information content (AvgIpc) is 3.83. The van der Waals surface area contributed by atoms with Crippen molar-refractivity contribution in [2.75, 3.05) is 11.1 Å². The van der Waals surface area contributed by atoms with E-state index >= 15 is 0 Å². The third-order valence-electron chi connectivity index (χ3n) is 7.59. The van der Waals surface area contributed by atoms with Crippen LogP contribution in [0.15, 0.2) is 97.6 Å². The molecule has 0 unspecified atom stereocenters. The number of hydrogen-bond acceptors (Lipinski definition) is 7. The maximum Gasteiger partial charge on any atom is 0.237 e. The van der Waals surface area contributed by atoms with Gasteiger partial charge in [0.05, 0.1) is 47.7 Å². The number of fused-ring (bicyclic) bond motifs is 2. The van der Waals surface area contributed by atoms with Crippen molar-refractivity contribution in [2.45, 2.75) is 6.54 Å². The minimum Gasteiger partial charge on any atom is -0.392 e. The molecule has 0 amide bonds. The van der Waals surface area contributed by atoms with Crippen LogP contribution in [-0.4, -0.2) is 24.2 Å². The molecule has 11 nitrogen and oxygen atoms in total. The van der Waals surface area contributed by atoms with Crippen LogP contribution in [0.5, 0.6) is 0 Å². The highest BCUT2D eigenvalue weighted by molar-refractivity contribution is 6.34. The van der Waals surface area contributed by atoms with Gasteiger partial charge in [-0.2, -0.15) is 20.7 Å². The van der Waals surface area contributed by atoms with E-state index in [1.54, 1.807) is 65.6 Å². The fourth-order valence-corrected chi connectivity index (χ4v) is 5.90. The lowest BCUT2D eigenvalue weighted by molar-refractivity contribution is 0.944. The van der Waals surface area contributed by atoms with Gasteiger partial charge in [-0.15, -0.1) is 0 Å². The van der Waals surface area contributed by atoms with Crippen molar-refractivity contribution in [3.63, 3.8) is 0 Å². The lowest BCUT2D eigenvalue weighted by Crippen LogP contribution is -2.07. The first-order chi connectivity index (χ1) is 23.9. The summed E-state index contributed by atoms with van der Waals surface area (Å²) in [6, 6.07) is 25.8. The van der Waals surface area contributed by atoms with Gasteiger partial charge < -0.3 is 11.1 Å². The molecule has 5 heterocycles. The molecule has 234 valence electrons.